The molecule has 1 aliphatic rings. The summed E-state index contributed by atoms with van der Waals surface area (Å²) in [6.45, 7) is 6.12. The number of benzene rings is 1. The molecule has 1 saturated heterocycles. The van der Waals surface area contributed by atoms with E-state index in [1.807, 2.05) is 26.0 Å². The normalized spacial score (nSPS) is 21.9. The van der Waals surface area contributed by atoms with Crippen LogP contribution >= 0.6 is 11.8 Å². The Balaban J connectivity index is 2.26. The molecule has 0 saturated carbocycles. The van der Waals surface area contributed by atoms with E-state index in [4.69, 9.17) is 0 Å². The zero-order valence-corrected chi connectivity index (χ0v) is 11.1. The molecule has 17 heavy (non-hydrogen) atoms. The van der Waals surface area contributed by atoms with Crippen LogP contribution in [0.1, 0.15) is 24.5 Å². The quantitative estimate of drug-likeness (QED) is 0.874. The van der Waals surface area contributed by atoms with Gasteiger partial charge in [-0.05, 0) is 37.5 Å². The lowest BCUT2D eigenvalue weighted by Crippen LogP contribution is -2.24. The molecule has 90 valence electrons. The molecule has 0 spiro atoms. The summed E-state index contributed by atoms with van der Waals surface area (Å²) in [5.74, 6) is 0.0709. The van der Waals surface area contributed by atoms with Crippen molar-refractivity contribution < 1.29 is 4.79 Å². The molecular formula is C13H16N2OS. The molecule has 1 unspecified atom stereocenters. The van der Waals surface area contributed by atoms with E-state index in [0.717, 1.165) is 22.8 Å². The van der Waals surface area contributed by atoms with Gasteiger partial charge in [0.25, 0.3) is 0 Å². The maximum absolute atomic E-state index is 11.5. The molecule has 2 rings (SSSR count). The molecule has 0 aromatic heterocycles. The van der Waals surface area contributed by atoms with E-state index >= 15 is 0 Å². The van der Waals surface area contributed by atoms with Crippen molar-refractivity contribution >= 4 is 28.5 Å². The monoisotopic (exact) mass is 248 g/mol. The second kappa shape index (κ2) is 4.92. The second-order valence-electron chi connectivity index (χ2n) is 4.14. The highest BCUT2D eigenvalue weighted by molar-refractivity contribution is 8.15. The number of rotatable bonds is 2. The highest BCUT2D eigenvalue weighted by atomic mass is 32.2. The summed E-state index contributed by atoms with van der Waals surface area (Å²) in [5.41, 5.74) is 3.31. The number of amidine groups is 1. The van der Waals surface area contributed by atoms with Gasteiger partial charge in [-0.3, -0.25) is 4.79 Å². The Hall–Kier alpha value is -1.29. The minimum Gasteiger partial charge on any atom is -0.304 e. The average Bonchev–Trinajstić information content (AvgIpc) is 2.65. The molecule has 1 heterocycles. The summed E-state index contributed by atoms with van der Waals surface area (Å²) in [4.78, 5) is 16.1. The molecule has 1 aromatic rings. The highest BCUT2D eigenvalue weighted by Gasteiger charge is 2.28. The third-order valence-electron chi connectivity index (χ3n) is 2.95. The van der Waals surface area contributed by atoms with E-state index in [1.165, 1.54) is 17.3 Å². The van der Waals surface area contributed by atoms with Crippen LogP contribution in [0.5, 0.6) is 0 Å². The van der Waals surface area contributed by atoms with Crippen molar-refractivity contribution in [1.82, 2.24) is 5.32 Å². The van der Waals surface area contributed by atoms with Crippen molar-refractivity contribution in [1.29, 1.82) is 0 Å². The van der Waals surface area contributed by atoms with Crippen LogP contribution in [0.25, 0.3) is 0 Å². The first-order valence-electron chi connectivity index (χ1n) is 5.74. The number of thioether (sulfide) groups is 1. The first-order valence-corrected chi connectivity index (χ1v) is 6.62. The van der Waals surface area contributed by atoms with Crippen molar-refractivity contribution in [3.8, 4) is 0 Å². The maximum atomic E-state index is 11.5. The summed E-state index contributed by atoms with van der Waals surface area (Å²) in [6.07, 6.45) is 0.836. The lowest BCUT2D eigenvalue weighted by atomic mass is 10.1. The topological polar surface area (TPSA) is 41.5 Å². The number of nitrogens with zero attached hydrogens (tertiary/aromatic N) is 1. The fraction of sp³-hybridized carbons (Fsp3) is 0.385. The Morgan fingerprint density at radius 3 is 2.82 bits per heavy atom. The van der Waals surface area contributed by atoms with Crippen LogP contribution in [0.4, 0.5) is 5.69 Å². The molecule has 3 nitrogen and oxygen atoms in total. The minimum absolute atomic E-state index is 0.0128. The number of amides is 1. The smallest absolute Gasteiger partial charge is 0.239 e. The van der Waals surface area contributed by atoms with Crippen molar-refractivity contribution in [2.75, 3.05) is 0 Å². The van der Waals surface area contributed by atoms with Crippen LogP contribution in [0.3, 0.4) is 0 Å². The summed E-state index contributed by atoms with van der Waals surface area (Å²) in [5, 5.41) is 3.56. The highest BCUT2D eigenvalue weighted by Crippen LogP contribution is 2.27. The maximum Gasteiger partial charge on any atom is 0.239 e. The minimum atomic E-state index is 0.0128. The van der Waals surface area contributed by atoms with Crippen LogP contribution < -0.4 is 5.32 Å². The number of hydrogen-bond donors (Lipinski definition) is 1. The van der Waals surface area contributed by atoms with E-state index < -0.39 is 0 Å². The molecule has 1 amide bonds. The van der Waals surface area contributed by atoms with Crippen LogP contribution in [0, 0.1) is 13.8 Å². The fourth-order valence-electron chi connectivity index (χ4n) is 1.69. The predicted octanol–water partition coefficient (Wildman–Crippen LogP) is 2.93. The fourth-order valence-corrected chi connectivity index (χ4v) is 2.61. The molecular weight excluding hydrogens is 232 g/mol. The Morgan fingerprint density at radius 2 is 2.18 bits per heavy atom. The predicted molar refractivity (Wildman–Crippen MR) is 72.8 cm³/mol. The molecule has 0 bridgehead atoms. The Kier molecular flexibility index (Phi) is 3.52. The van der Waals surface area contributed by atoms with Gasteiger partial charge in [-0.1, -0.05) is 30.8 Å². The molecule has 0 aliphatic carbocycles. The van der Waals surface area contributed by atoms with Crippen molar-refractivity contribution in [2.45, 2.75) is 32.4 Å². The summed E-state index contributed by atoms with van der Waals surface area (Å²) in [7, 11) is 0. The van der Waals surface area contributed by atoms with Crippen LogP contribution in [0.2, 0.25) is 0 Å². The Morgan fingerprint density at radius 1 is 1.41 bits per heavy atom. The molecule has 1 N–H and O–H groups in total. The van der Waals surface area contributed by atoms with E-state index in [2.05, 4.69) is 23.3 Å². The second-order valence-corrected chi connectivity index (χ2v) is 5.33. The number of aliphatic imine (C=N–C) groups is 1. The van der Waals surface area contributed by atoms with Crippen LogP contribution in [-0.2, 0) is 4.79 Å². The van der Waals surface area contributed by atoms with Crippen molar-refractivity contribution in [3.63, 3.8) is 0 Å². The SMILES string of the molecule is CCC1SC(=Nc2cccc(C)c2C)NC1=O. The number of carbonyl (C=O) groups excluding carboxylic acids is 1. The average molecular weight is 248 g/mol. The van der Waals surface area contributed by atoms with E-state index in [-0.39, 0.29) is 11.2 Å². The Bertz CT molecular complexity index is 482. The molecule has 4 heteroatoms. The first kappa shape index (κ1) is 12.2. The van der Waals surface area contributed by atoms with Gasteiger partial charge in [-0.2, -0.15) is 0 Å². The van der Waals surface area contributed by atoms with Gasteiger partial charge in [0.05, 0.1) is 10.9 Å². The Labute approximate surface area is 106 Å². The zero-order chi connectivity index (χ0) is 12.4. The standard InChI is InChI=1S/C13H16N2OS/c1-4-11-12(16)15-13(17-11)14-10-7-5-6-8(2)9(10)3/h5-7,11H,4H2,1-3H3,(H,14,15,16). The summed E-state index contributed by atoms with van der Waals surface area (Å²) < 4.78 is 0. The summed E-state index contributed by atoms with van der Waals surface area (Å²) >= 11 is 1.52. The summed E-state index contributed by atoms with van der Waals surface area (Å²) in [6, 6.07) is 6.02. The molecule has 1 aliphatic heterocycles. The zero-order valence-electron chi connectivity index (χ0n) is 10.3. The van der Waals surface area contributed by atoms with E-state index in [9.17, 15) is 4.79 Å². The van der Waals surface area contributed by atoms with Gasteiger partial charge in [0.2, 0.25) is 5.91 Å². The number of hydrogen-bond acceptors (Lipinski definition) is 3. The van der Waals surface area contributed by atoms with Crippen molar-refractivity contribution in [3.05, 3.63) is 29.3 Å². The lowest BCUT2D eigenvalue weighted by molar-refractivity contribution is -0.118. The van der Waals surface area contributed by atoms with Crippen LogP contribution in [0.15, 0.2) is 23.2 Å². The van der Waals surface area contributed by atoms with Gasteiger partial charge in [0, 0.05) is 0 Å². The van der Waals surface area contributed by atoms with Gasteiger partial charge in [0.15, 0.2) is 5.17 Å². The first-order chi connectivity index (χ1) is 8.11. The van der Waals surface area contributed by atoms with Crippen LogP contribution in [-0.4, -0.2) is 16.3 Å². The van der Waals surface area contributed by atoms with Gasteiger partial charge < -0.3 is 5.32 Å². The van der Waals surface area contributed by atoms with Gasteiger partial charge in [-0.15, -0.1) is 0 Å². The lowest BCUT2D eigenvalue weighted by Gasteiger charge is -2.04. The van der Waals surface area contributed by atoms with Gasteiger partial charge in [-0.25, -0.2) is 4.99 Å². The number of aryl methyl sites for hydroxylation is 1. The molecule has 1 atom stereocenters. The molecule has 1 fully saturated rings. The van der Waals surface area contributed by atoms with Gasteiger partial charge >= 0.3 is 0 Å². The van der Waals surface area contributed by atoms with E-state index in [1.54, 1.807) is 0 Å². The van der Waals surface area contributed by atoms with Crippen molar-refractivity contribution in [2.24, 2.45) is 4.99 Å². The largest absolute Gasteiger partial charge is 0.304 e. The third-order valence-corrected chi connectivity index (χ3v) is 4.19. The molecule has 1 aromatic carbocycles. The van der Waals surface area contributed by atoms with E-state index in [0.29, 0.717) is 0 Å². The molecule has 0 radical (unpaired) electrons. The third kappa shape index (κ3) is 2.52. The van der Waals surface area contributed by atoms with Gasteiger partial charge in [0.1, 0.15) is 0 Å². The number of nitrogens with one attached hydrogen (secondary N) is 1. The number of carbonyl (C=O) groups is 1.